The van der Waals surface area contributed by atoms with Crippen molar-refractivity contribution in [2.45, 2.75) is 127 Å². The van der Waals surface area contributed by atoms with Crippen molar-refractivity contribution < 1.29 is 37.1 Å². The highest BCUT2D eigenvalue weighted by Crippen LogP contribution is 2.40. The van der Waals surface area contributed by atoms with Gasteiger partial charge in [-0.25, -0.2) is 4.98 Å². The summed E-state index contributed by atoms with van der Waals surface area (Å²) in [5.41, 5.74) is -1.90. The van der Waals surface area contributed by atoms with Gasteiger partial charge in [0.05, 0.1) is 30.1 Å². The lowest BCUT2D eigenvalue weighted by atomic mass is 9.85. The molecule has 1 saturated carbocycles. The van der Waals surface area contributed by atoms with Gasteiger partial charge in [-0.2, -0.15) is 18.4 Å². The lowest BCUT2D eigenvalue weighted by molar-refractivity contribution is -0.138. The number of nitrogens with zero attached hydrogens (tertiary/aromatic N) is 5. The number of aromatic nitrogens is 1. The highest BCUT2D eigenvalue weighted by atomic mass is 32.1. The van der Waals surface area contributed by atoms with Crippen molar-refractivity contribution in [1.29, 1.82) is 5.26 Å². The first-order valence-electron chi connectivity index (χ1n) is 19.5. The van der Waals surface area contributed by atoms with Crippen molar-refractivity contribution in [2.24, 2.45) is 5.92 Å². The van der Waals surface area contributed by atoms with Crippen molar-refractivity contribution >= 4 is 58.0 Å². The fourth-order valence-corrected chi connectivity index (χ4v) is 9.37. The van der Waals surface area contributed by atoms with Crippen molar-refractivity contribution in [2.75, 3.05) is 28.7 Å². The summed E-state index contributed by atoms with van der Waals surface area (Å²) in [5.74, 6) is -0.773. The fourth-order valence-electron chi connectivity index (χ4n) is 8.80. The van der Waals surface area contributed by atoms with Crippen LogP contribution >= 0.6 is 12.2 Å². The molecular weight excluding hydrogens is 762 g/mol. The molecule has 4 amide bonds. The van der Waals surface area contributed by atoms with Crippen LogP contribution in [0.5, 0.6) is 0 Å². The molecule has 6 rings (SSSR count). The molecule has 1 aromatic heterocycles. The molecule has 0 bridgehead atoms. The van der Waals surface area contributed by atoms with E-state index >= 15 is 0 Å². The molecule has 4 fully saturated rings. The Morgan fingerprint density at radius 2 is 1.75 bits per heavy atom. The maximum absolute atomic E-state index is 13.7. The quantitative estimate of drug-likeness (QED) is 0.188. The van der Waals surface area contributed by atoms with Gasteiger partial charge < -0.3 is 20.3 Å². The van der Waals surface area contributed by atoms with Crippen molar-refractivity contribution in [3.8, 4) is 6.07 Å². The first-order valence-corrected chi connectivity index (χ1v) is 19.9. The molecule has 3 aliphatic heterocycles. The number of halogens is 3. The van der Waals surface area contributed by atoms with Gasteiger partial charge in [0.25, 0.3) is 5.91 Å². The Morgan fingerprint density at radius 1 is 1.07 bits per heavy atom. The van der Waals surface area contributed by atoms with Crippen molar-refractivity contribution in [3.05, 3.63) is 47.8 Å². The smallest absolute Gasteiger partial charge is 0.378 e. The number of nitrogens with one attached hydrogen (secondary N) is 3. The van der Waals surface area contributed by atoms with Crippen molar-refractivity contribution in [1.82, 2.24) is 20.1 Å². The normalized spacial score (nSPS) is 26.9. The van der Waals surface area contributed by atoms with E-state index in [0.717, 1.165) is 49.3 Å². The van der Waals surface area contributed by atoms with Gasteiger partial charge >= 0.3 is 6.18 Å². The van der Waals surface area contributed by atoms with Gasteiger partial charge in [-0.3, -0.25) is 34.3 Å². The third-order valence-corrected chi connectivity index (χ3v) is 12.1. The number of benzene rings is 1. The number of carbonyl (C=O) groups is 4. The number of imide groups is 1. The number of anilines is 3. The zero-order valence-corrected chi connectivity index (χ0v) is 33.3. The maximum Gasteiger partial charge on any atom is 0.419 e. The molecule has 3 atom stereocenters. The molecular formula is C40H49F3N8O5S. The van der Waals surface area contributed by atoms with Gasteiger partial charge in [0.2, 0.25) is 17.7 Å². The Bertz CT molecular complexity index is 1920. The van der Waals surface area contributed by atoms with Gasteiger partial charge in [0.1, 0.15) is 17.6 Å². The molecule has 1 aromatic carbocycles. The molecule has 1 aliphatic carbocycles. The number of amides is 4. The average Bonchev–Trinajstić information content (AvgIpc) is 3.32. The molecule has 0 spiro atoms. The first-order chi connectivity index (χ1) is 27.0. The first kappa shape index (κ1) is 42.0. The summed E-state index contributed by atoms with van der Waals surface area (Å²) in [6, 6.07) is 9.17. The lowest BCUT2D eigenvalue weighted by Gasteiger charge is -2.42. The topological polar surface area (TPSA) is 160 Å². The minimum Gasteiger partial charge on any atom is -0.378 e. The third-order valence-electron chi connectivity index (χ3n) is 11.7. The van der Waals surface area contributed by atoms with Crippen LogP contribution in [0.1, 0.15) is 96.7 Å². The van der Waals surface area contributed by atoms with Crippen LogP contribution in [0.3, 0.4) is 0 Å². The number of carbonyl (C=O) groups excluding carboxylic acids is 4. The second-order valence-electron chi connectivity index (χ2n) is 16.1. The van der Waals surface area contributed by atoms with Crippen LogP contribution in [0.2, 0.25) is 0 Å². The van der Waals surface area contributed by atoms with E-state index in [1.54, 1.807) is 32.0 Å². The van der Waals surface area contributed by atoms with E-state index in [4.69, 9.17) is 22.2 Å². The number of pyridine rings is 1. The minimum absolute atomic E-state index is 0.0424. The predicted molar refractivity (Wildman–Crippen MR) is 210 cm³/mol. The van der Waals surface area contributed by atoms with E-state index in [1.807, 2.05) is 11.0 Å². The lowest BCUT2D eigenvalue weighted by Crippen LogP contribution is -2.51. The van der Waals surface area contributed by atoms with Crippen LogP contribution in [0.15, 0.2) is 36.5 Å². The zero-order valence-electron chi connectivity index (χ0n) is 32.5. The van der Waals surface area contributed by atoms with Crippen LogP contribution in [-0.2, 0) is 30.1 Å². The molecule has 13 nitrogen and oxygen atoms in total. The molecule has 57 heavy (non-hydrogen) atoms. The van der Waals surface area contributed by atoms with Crippen LogP contribution in [0, 0.1) is 17.2 Å². The number of rotatable bonds is 11. The highest BCUT2D eigenvalue weighted by molar-refractivity contribution is 7.80. The number of nitriles is 1. The minimum atomic E-state index is -4.82. The average molecular weight is 811 g/mol. The molecule has 2 aromatic rings. The van der Waals surface area contributed by atoms with Crippen LogP contribution in [0.4, 0.5) is 30.2 Å². The van der Waals surface area contributed by atoms with E-state index in [1.165, 1.54) is 6.07 Å². The van der Waals surface area contributed by atoms with E-state index in [-0.39, 0.29) is 65.7 Å². The standard InChI is InChI=1S/C40H49F3N8O5S/c1-23-16-25(17-24(2)49(23)22-35(53)47-27-7-5-6-26(18-27)46-32-12-13-34(52)48-36(32)54)14-15-56-30-10-8-28(9-11-30)51-38(57)50(37(55)39(51,3)4)29-19-31(40(41,42)43)33(20-44)45-21-29/h5-7,18-19,21,23-25,28,30,32,46H,8-17,22H2,1-4H3,(H,47,53)(H,48,52,54). The predicted octanol–water partition coefficient (Wildman–Crippen LogP) is 5.75. The van der Waals surface area contributed by atoms with E-state index in [2.05, 4.69) is 39.7 Å². The molecule has 3 saturated heterocycles. The Balaban J connectivity index is 0.943. The van der Waals surface area contributed by atoms with Gasteiger partial charge in [-0.15, -0.1) is 0 Å². The molecule has 4 heterocycles. The zero-order chi connectivity index (χ0) is 41.2. The number of alkyl halides is 3. The van der Waals surface area contributed by atoms with Crippen LogP contribution in [0.25, 0.3) is 0 Å². The van der Waals surface area contributed by atoms with Gasteiger partial charge in [-0.05, 0) is 121 Å². The number of hydrogen-bond acceptors (Lipinski definition) is 10. The van der Waals surface area contributed by atoms with Gasteiger partial charge in [0.15, 0.2) is 10.8 Å². The number of thiocarbonyl (C=S) groups is 1. The molecule has 306 valence electrons. The Kier molecular flexibility index (Phi) is 12.6. The Hall–Kier alpha value is -4.66. The van der Waals surface area contributed by atoms with E-state index in [0.29, 0.717) is 43.2 Å². The molecule has 3 unspecified atom stereocenters. The summed E-state index contributed by atoms with van der Waals surface area (Å²) in [6.07, 6.45) is 2.64. The largest absolute Gasteiger partial charge is 0.419 e. The van der Waals surface area contributed by atoms with Crippen molar-refractivity contribution in [3.63, 3.8) is 0 Å². The Labute approximate surface area is 335 Å². The summed E-state index contributed by atoms with van der Waals surface area (Å²) >= 11 is 5.71. The summed E-state index contributed by atoms with van der Waals surface area (Å²) in [4.78, 5) is 59.2. The number of ether oxygens (including phenoxy) is 1. The summed E-state index contributed by atoms with van der Waals surface area (Å²) in [7, 11) is 0. The van der Waals surface area contributed by atoms with Gasteiger partial charge in [0, 0.05) is 42.5 Å². The monoisotopic (exact) mass is 810 g/mol. The highest BCUT2D eigenvalue weighted by Gasteiger charge is 2.53. The maximum atomic E-state index is 13.7. The number of likely N-dealkylation sites (tertiary alicyclic amines) is 1. The number of piperidine rings is 2. The summed E-state index contributed by atoms with van der Waals surface area (Å²) in [5, 5.41) is 17.7. The Morgan fingerprint density at radius 3 is 2.40 bits per heavy atom. The van der Waals surface area contributed by atoms with Gasteiger partial charge in [-0.1, -0.05) is 6.07 Å². The molecule has 17 heteroatoms. The SMILES string of the molecule is CC1CC(CCOC2CCC(N3C(=S)N(c4cnc(C#N)c(C(F)(F)F)c4)C(=O)C3(C)C)CC2)CC(C)N1CC(=O)Nc1cccc(NC2CCC(=O)NC2=O)c1. The number of hydrogen-bond donors (Lipinski definition) is 3. The van der Waals surface area contributed by atoms with Crippen LogP contribution < -0.4 is 20.9 Å². The second-order valence-corrected chi connectivity index (χ2v) is 16.5. The summed E-state index contributed by atoms with van der Waals surface area (Å²) in [6.45, 7) is 8.58. The molecule has 0 radical (unpaired) electrons. The summed E-state index contributed by atoms with van der Waals surface area (Å²) < 4.78 is 47.4. The van der Waals surface area contributed by atoms with Crippen LogP contribution in [-0.4, -0.2) is 92.5 Å². The third kappa shape index (κ3) is 9.39. The molecule has 3 N–H and O–H groups in total. The van der Waals surface area contributed by atoms with E-state index in [9.17, 15) is 32.3 Å². The second kappa shape index (κ2) is 17.1. The molecule has 4 aliphatic rings. The fraction of sp³-hybridized carbons (Fsp3) is 0.575. The van der Waals surface area contributed by atoms with E-state index < -0.39 is 34.9 Å².